The van der Waals surface area contributed by atoms with Crippen LogP contribution in [0.5, 0.6) is 5.75 Å². The Balaban J connectivity index is 1.72. The Morgan fingerprint density at radius 2 is 1.65 bits per heavy atom. The molecule has 23 heavy (non-hydrogen) atoms. The molecule has 0 radical (unpaired) electrons. The van der Waals surface area contributed by atoms with E-state index in [0.717, 1.165) is 23.5 Å². The first kappa shape index (κ1) is 13.9. The number of allylic oxidation sites excluding steroid dienone is 1. The van der Waals surface area contributed by atoms with Gasteiger partial charge in [0.15, 0.2) is 0 Å². The third-order valence-electron chi connectivity index (χ3n) is 4.35. The lowest BCUT2D eigenvalue weighted by Crippen LogP contribution is -2.09. The van der Waals surface area contributed by atoms with Crippen molar-refractivity contribution in [1.29, 1.82) is 0 Å². The monoisotopic (exact) mass is 301 g/mol. The van der Waals surface area contributed by atoms with Crippen LogP contribution in [0, 0.1) is 0 Å². The lowest BCUT2D eigenvalue weighted by Gasteiger charge is -2.21. The van der Waals surface area contributed by atoms with Gasteiger partial charge in [-0.15, -0.1) is 0 Å². The van der Waals surface area contributed by atoms with E-state index in [1.165, 1.54) is 22.0 Å². The fourth-order valence-electron chi connectivity index (χ4n) is 3.02. The SMILES string of the molecule is CN(C)c1ccc(C2=CCc3ccc4ccccc4c3O2)cc1. The molecule has 0 aliphatic carbocycles. The molecule has 0 aromatic heterocycles. The maximum Gasteiger partial charge on any atom is 0.138 e. The molecule has 1 heterocycles. The van der Waals surface area contributed by atoms with E-state index in [9.17, 15) is 0 Å². The predicted molar refractivity (Wildman–Crippen MR) is 97.0 cm³/mol. The van der Waals surface area contributed by atoms with Crippen LogP contribution >= 0.6 is 0 Å². The van der Waals surface area contributed by atoms with Gasteiger partial charge in [0.25, 0.3) is 0 Å². The molecule has 0 spiro atoms. The van der Waals surface area contributed by atoms with Crippen LogP contribution in [0.1, 0.15) is 11.1 Å². The molecule has 0 N–H and O–H groups in total. The molecular formula is C21H19NO. The van der Waals surface area contributed by atoms with Gasteiger partial charge in [0.2, 0.25) is 0 Å². The van der Waals surface area contributed by atoms with Gasteiger partial charge in [-0.2, -0.15) is 0 Å². The van der Waals surface area contributed by atoms with Gasteiger partial charge in [-0.05, 0) is 47.7 Å². The molecule has 4 rings (SSSR count). The zero-order chi connectivity index (χ0) is 15.8. The van der Waals surface area contributed by atoms with Crippen molar-refractivity contribution in [3.8, 4) is 5.75 Å². The summed E-state index contributed by atoms with van der Waals surface area (Å²) in [5.41, 5.74) is 3.56. The van der Waals surface area contributed by atoms with Crippen molar-refractivity contribution in [1.82, 2.24) is 0 Å². The highest BCUT2D eigenvalue weighted by atomic mass is 16.5. The molecule has 0 atom stereocenters. The second-order valence-corrected chi connectivity index (χ2v) is 6.09. The van der Waals surface area contributed by atoms with Gasteiger partial charge in [0.05, 0.1) is 0 Å². The summed E-state index contributed by atoms with van der Waals surface area (Å²) >= 11 is 0. The van der Waals surface area contributed by atoms with Crippen LogP contribution in [0.25, 0.3) is 16.5 Å². The number of benzene rings is 3. The largest absolute Gasteiger partial charge is 0.456 e. The van der Waals surface area contributed by atoms with Crippen molar-refractivity contribution in [3.05, 3.63) is 77.9 Å². The highest BCUT2D eigenvalue weighted by molar-refractivity contribution is 5.91. The fourth-order valence-corrected chi connectivity index (χ4v) is 3.02. The van der Waals surface area contributed by atoms with Gasteiger partial charge in [-0.25, -0.2) is 0 Å². The van der Waals surface area contributed by atoms with E-state index in [1.807, 2.05) is 14.1 Å². The number of fused-ring (bicyclic) bond motifs is 3. The Morgan fingerprint density at radius 1 is 0.870 bits per heavy atom. The van der Waals surface area contributed by atoms with Gasteiger partial charge in [-0.1, -0.05) is 36.4 Å². The molecule has 1 aliphatic rings. The van der Waals surface area contributed by atoms with Crippen LogP contribution in [-0.2, 0) is 6.42 Å². The zero-order valence-corrected chi connectivity index (χ0v) is 13.4. The number of rotatable bonds is 2. The van der Waals surface area contributed by atoms with E-state index in [2.05, 4.69) is 71.6 Å². The molecule has 0 bridgehead atoms. The predicted octanol–water partition coefficient (Wildman–Crippen LogP) is 4.88. The quantitative estimate of drug-likeness (QED) is 0.669. The summed E-state index contributed by atoms with van der Waals surface area (Å²) < 4.78 is 6.28. The van der Waals surface area contributed by atoms with E-state index >= 15 is 0 Å². The topological polar surface area (TPSA) is 12.5 Å². The average molecular weight is 301 g/mol. The first-order valence-corrected chi connectivity index (χ1v) is 7.89. The molecule has 2 heteroatoms. The van der Waals surface area contributed by atoms with Crippen molar-refractivity contribution in [3.63, 3.8) is 0 Å². The highest BCUT2D eigenvalue weighted by Crippen LogP contribution is 2.37. The van der Waals surface area contributed by atoms with Crippen LogP contribution in [-0.4, -0.2) is 14.1 Å². The minimum atomic E-state index is 0.908. The van der Waals surface area contributed by atoms with E-state index in [1.54, 1.807) is 0 Å². The van der Waals surface area contributed by atoms with Crippen LogP contribution in [0.2, 0.25) is 0 Å². The van der Waals surface area contributed by atoms with Gasteiger partial charge in [-0.3, -0.25) is 0 Å². The molecule has 3 aromatic carbocycles. The molecule has 1 aliphatic heterocycles. The summed E-state index contributed by atoms with van der Waals surface area (Å²) in [5.74, 6) is 1.94. The lowest BCUT2D eigenvalue weighted by atomic mass is 10.00. The second kappa shape index (κ2) is 5.47. The number of anilines is 1. The van der Waals surface area contributed by atoms with Crippen LogP contribution in [0.3, 0.4) is 0 Å². The van der Waals surface area contributed by atoms with Crippen molar-refractivity contribution < 1.29 is 4.74 Å². The van der Waals surface area contributed by atoms with Gasteiger partial charge < -0.3 is 9.64 Å². The summed E-state index contributed by atoms with van der Waals surface area (Å²) in [7, 11) is 4.10. The fraction of sp³-hybridized carbons (Fsp3) is 0.143. The number of nitrogens with zero attached hydrogens (tertiary/aromatic N) is 1. The molecule has 3 aromatic rings. The Labute approximate surface area is 136 Å². The zero-order valence-electron chi connectivity index (χ0n) is 13.4. The van der Waals surface area contributed by atoms with Crippen molar-refractivity contribution >= 4 is 22.2 Å². The number of ether oxygens (including phenoxy) is 1. The summed E-state index contributed by atoms with van der Waals surface area (Å²) in [4.78, 5) is 2.10. The lowest BCUT2D eigenvalue weighted by molar-refractivity contribution is 0.504. The molecule has 0 amide bonds. The van der Waals surface area contributed by atoms with Crippen molar-refractivity contribution in [2.75, 3.05) is 19.0 Å². The molecule has 114 valence electrons. The van der Waals surface area contributed by atoms with E-state index in [-0.39, 0.29) is 0 Å². The summed E-state index contributed by atoms with van der Waals surface area (Å²) in [6.07, 6.45) is 3.08. The summed E-state index contributed by atoms with van der Waals surface area (Å²) in [5, 5.41) is 2.40. The molecule has 0 saturated carbocycles. The normalized spacial score (nSPS) is 13.2. The average Bonchev–Trinajstić information content (AvgIpc) is 2.61. The Hall–Kier alpha value is -2.74. The van der Waals surface area contributed by atoms with E-state index in [4.69, 9.17) is 4.74 Å². The molecule has 0 saturated heterocycles. The van der Waals surface area contributed by atoms with Gasteiger partial charge in [0, 0.05) is 30.7 Å². The highest BCUT2D eigenvalue weighted by Gasteiger charge is 2.16. The van der Waals surface area contributed by atoms with Crippen LogP contribution in [0.4, 0.5) is 5.69 Å². The van der Waals surface area contributed by atoms with E-state index < -0.39 is 0 Å². The maximum atomic E-state index is 6.28. The first-order chi connectivity index (χ1) is 11.2. The number of hydrogen-bond donors (Lipinski definition) is 0. The molecule has 0 unspecified atom stereocenters. The minimum absolute atomic E-state index is 0.908. The second-order valence-electron chi connectivity index (χ2n) is 6.09. The summed E-state index contributed by atoms with van der Waals surface area (Å²) in [6.45, 7) is 0. The Kier molecular flexibility index (Phi) is 3.30. The molecule has 2 nitrogen and oxygen atoms in total. The Morgan fingerprint density at radius 3 is 2.43 bits per heavy atom. The molecule has 0 fully saturated rings. The first-order valence-electron chi connectivity index (χ1n) is 7.89. The molecular weight excluding hydrogens is 282 g/mol. The van der Waals surface area contributed by atoms with Crippen molar-refractivity contribution in [2.45, 2.75) is 6.42 Å². The number of hydrogen-bond acceptors (Lipinski definition) is 2. The minimum Gasteiger partial charge on any atom is -0.456 e. The summed E-state index contributed by atoms with van der Waals surface area (Å²) in [6, 6.07) is 21.2. The standard InChI is InChI=1S/C21H19NO/c1-22(2)18-12-9-16(10-13-18)20-14-11-17-8-7-15-5-3-4-6-19(15)21(17)23-20/h3-10,12-14H,11H2,1-2H3. The Bertz CT molecular complexity index is 891. The third kappa shape index (κ3) is 2.46. The third-order valence-corrected chi connectivity index (χ3v) is 4.35. The van der Waals surface area contributed by atoms with E-state index in [0.29, 0.717) is 0 Å². The van der Waals surface area contributed by atoms with Crippen LogP contribution in [0.15, 0.2) is 66.7 Å². The maximum absolute atomic E-state index is 6.28. The smallest absolute Gasteiger partial charge is 0.138 e. The van der Waals surface area contributed by atoms with Crippen molar-refractivity contribution in [2.24, 2.45) is 0 Å². The van der Waals surface area contributed by atoms with Gasteiger partial charge in [0.1, 0.15) is 11.5 Å². The van der Waals surface area contributed by atoms with Crippen LogP contribution < -0.4 is 9.64 Å². The van der Waals surface area contributed by atoms with Gasteiger partial charge >= 0.3 is 0 Å².